The number of hydrogen-bond acceptors (Lipinski definition) is 5. The van der Waals surface area contributed by atoms with Gasteiger partial charge in [0.1, 0.15) is 11.5 Å². The first-order valence-corrected chi connectivity index (χ1v) is 10.2. The van der Waals surface area contributed by atoms with E-state index in [4.69, 9.17) is 4.98 Å². The molecule has 6 rings (SSSR count). The van der Waals surface area contributed by atoms with Crippen molar-refractivity contribution in [3.8, 4) is 11.5 Å². The van der Waals surface area contributed by atoms with Gasteiger partial charge in [-0.15, -0.1) is 0 Å². The van der Waals surface area contributed by atoms with Crippen molar-refractivity contribution in [2.75, 3.05) is 36.0 Å². The number of nitrogens with zero attached hydrogens (tertiary/aromatic N) is 5. The molecular weight excluding hydrogens is 374 g/mol. The molecule has 0 aliphatic carbocycles. The van der Waals surface area contributed by atoms with Crippen molar-refractivity contribution in [1.82, 2.24) is 25.1 Å². The molecule has 2 aromatic carbocycles. The molecule has 30 heavy (non-hydrogen) atoms. The number of hydrogen-bond donors (Lipinski definition) is 2. The zero-order chi connectivity index (χ0) is 19.9. The highest BCUT2D eigenvalue weighted by Crippen LogP contribution is 2.28. The Hall–Kier alpha value is -3.87. The Morgan fingerprint density at radius 2 is 1.63 bits per heavy atom. The summed E-state index contributed by atoms with van der Waals surface area (Å²) in [6.07, 6.45) is 1.86. The third kappa shape index (κ3) is 2.86. The van der Waals surface area contributed by atoms with Crippen LogP contribution in [0.4, 0.5) is 11.5 Å². The number of benzene rings is 2. The number of aromatic nitrogens is 5. The van der Waals surface area contributed by atoms with Gasteiger partial charge in [-0.2, -0.15) is 5.10 Å². The number of nitrogens with one attached hydrogen (secondary N) is 2. The maximum atomic E-state index is 4.77. The van der Waals surface area contributed by atoms with Crippen molar-refractivity contribution in [1.29, 1.82) is 0 Å². The second kappa shape index (κ2) is 6.88. The van der Waals surface area contributed by atoms with Gasteiger partial charge in [0.15, 0.2) is 5.82 Å². The Kier molecular flexibility index (Phi) is 3.90. The number of pyridine rings is 1. The van der Waals surface area contributed by atoms with Crippen LogP contribution in [0.1, 0.15) is 0 Å². The quantitative estimate of drug-likeness (QED) is 0.486. The summed E-state index contributed by atoms with van der Waals surface area (Å²) in [7, 11) is 0. The molecule has 0 amide bonds. The molecule has 7 nitrogen and oxygen atoms in total. The van der Waals surface area contributed by atoms with Crippen molar-refractivity contribution in [3.63, 3.8) is 0 Å². The third-order valence-electron chi connectivity index (χ3n) is 5.78. The van der Waals surface area contributed by atoms with Crippen molar-refractivity contribution < 1.29 is 0 Å². The normalized spacial score (nSPS) is 14.7. The highest BCUT2D eigenvalue weighted by Gasteiger charge is 2.19. The molecule has 4 heterocycles. The van der Waals surface area contributed by atoms with Crippen molar-refractivity contribution in [2.24, 2.45) is 0 Å². The molecule has 2 N–H and O–H groups in total. The molecule has 148 valence electrons. The van der Waals surface area contributed by atoms with E-state index in [1.165, 1.54) is 5.69 Å². The number of aromatic amines is 2. The lowest BCUT2D eigenvalue weighted by molar-refractivity contribution is 0.648. The first-order chi connectivity index (χ1) is 14.8. The fraction of sp³-hybridized carbons (Fsp3) is 0.174. The van der Waals surface area contributed by atoms with Gasteiger partial charge in [-0.25, -0.2) is 9.97 Å². The lowest BCUT2D eigenvalue weighted by atomic mass is 10.2. The van der Waals surface area contributed by atoms with E-state index in [0.717, 1.165) is 65.5 Å². The fourth-order valence-electron chi connectivity index (χ4n) is 4.18. The largest absolute Gasteiger partial charge is 0.368 e. The average molecular weight is 395 g/mol. The molecule has 1 saturated heterocycles. The summed E-state index contributed by atoms with van der Waals surface area (Å²) in [5, 5.41) is 8.63. The van der Waals surface area contributed by atoms with Gasteiger partial charge in [0.2, 0.25) is 0 Å². The van der Waals surface area contributed by atoms with E-state index in [1.54, 1.807) is 0 Å². The van der Waals surface area contributed by atoms with E-state index < -0.39 is 0 Å². The monoisotopic (exact) mass is 395 g/mol. The topological polar surface area (TPSA) is 76.7 Å². The summed E-state index contributed by atoms with van der Waals surface area (Å²) in [4.78, 5) is 17.5. The predicted molar refractivity (Wildman–Crippen MR) is 120 cm³/mol. The van der Waals surface area contributed by atoms with Crippen LogP contribution in [0.15, 0.2) is 66.9 Å². The summed E-state index contributed by atoms with van der Waals surface area (Å²) >= 11 is 0. The minimum absolute atomic E-state index is 0.791. The Bertz CT molecular complexity index is 1310. The van der Waals surface area contributed by atoms with Crippen LogP contribution < -0.4 is 9.80 Å². The molecule has 0 spiro atoms. The zero-order valence-electron chi connectivity index (χ0n) is 16.4. The van der Waals surface area contributed by atoms with Crippen molar-refractivity contribution >= 4 is 33.4 Å². The average Bonchev–Trinajstić information content (AvgIpc) is 3.43. The van der Waals surface area contributed by atoms with Gasteiger partial charge in [0, 0.05) is 43.4 Å². The Labute approximate surface area is 173 Å². The molecule has 1 aliphatic heterocycles. The van der Waals surface area contributed by atoms with Crippen LogP contribution in [0.3, 0.4) is 0 Å². The SMILES string of the molecule is c1ccc(N2CCN(c3ccc4nc(-c5n[nH]c6ccccc56)[nH]c4c3)CC2)nc1. The number of para-hydroxylation sites is 1. The summed E-state index contributed by atoms with van der Waals surface area (Å²) in [5.41, 5.74) is 5.06. The molecule has 1 fully saturated rings. The molecule has 1 aliphatic rings. The first-order valence-electron chi connectivity index (χ1n) is 10.2. The number of H-pyrrole nitrogens is 2. The molecule has 3 aromatic heterocycles. The van der Waals surface area contributed by atoms with E-state index in [0.29, 0.717) is 0 Å². The van der Waals surface area contributed by atoms with Crippen LogP contribution in [0.25, 0.3) is 33.5 Å². The second-order valence-corrected chi connectivity index (χ2v) is 7.57. The van der Waals surface area contributed by atoms with E-state index in [1.807, 2.05) is 36.5 Å². The van der Waals surface area contributed by atoms with Gasteiger partial charge >= 0.3 is 0 Å². The van der Waals surface area contributed by atoms with Crippen LogP contribution in [0.5, 0.6) is 0 Å². The van der Waals surface area contributed by atoms with Crippen LogP contribution in [-0.4, -0.2) is 51.3 Å². The Morgan fingerprint density at radius 1 is 0.800 bits per heavy atom. The number of imidazole rings is 1. The minimum atomic E-state index is 0.791. The maximum absolute atomic E-state index is 4.77. The minimum Gasteiger partial charge on any atom is -0.368 e. The van der Waals surface area contributed by atoms with E-state index in [9.17, 15) is 0 Å². The highest BCUT2D eigenvalue weighted by molar-refractivity contribution is 5.93. The van der Waals surface area contributed by atoms with Crippen LogP contribution in [-0.2, 0) is 0 Å². The molecular formula is C23H21N7. The fourth-order valence-corrected chi connectivity index (χ4v) is 4.18. The van der Waals surface area contributed by atoms with Gasteiger partial charge in [0.25, 0.3) is 0 Å². The van der Waals surface area contributed by atoms with Gasteiger partial charge in [-0.3, -0.25) is 5.10 Å². The molecule has 0 unspecified atom stereocenters. The molecule has 0 radical (unpaired) electrons. The molecule has 5 aromatic rings. The molecule has 7 heteroatoms. The lowest BCUT2D eigenvalue weighted by Gasteiger charge is -2.36. The Balaban J connectivity index is 1.26. The van der Waals surface area contributed by atoms with Gasteiger partial charge in [0.05, 0.1) is 16.6 Å². The summed E-state index contributed by atoms with van der Waals surface area (Å²) < 4.78 is 0. The highest BCUT2D eigenvalue weighted by atomic mass is 15.3. The number of anilines is 2. The standard InChI is InChI=1S/C23H21N7/c1-2-6-18-17(5-1)22(28-27-18)23-25-19-9-8-16(15-20(19)26-23)29-11-13-30(14-12-29)21-7-3-4-10-24-21/h1-10,15H,11-14H2,(H,25,26)(H,27,28). The van der Waals surface area contributed by atoms with E-state index in [2.05, 4.69) is 60.3 Å². The van der Waals surface area contributed by atoms with Crippen LogP contribution in [0.2, 0.25) is 0 Å². The van der Waals surface area contributed by atoms with E-state index in [-0.39, 0.29) is 0 Å². The second-order valence-electron chi connectivity index (χ2n) is 7.57. The Morgan fingerprint density at radius 3 is 2.50 bits per heavy atom. The lowest BCUT2D eigenvalue weighted by Crippen LogP contribution is -2.46. The predicted octanol–water partition coefficient (Wildman–Crippen LogP) is 3.83. The van der Waals surface area contributed by atoms with Crippen molar-refractivity contribution in [2.45, 2.75) is 0 Å². The van der Waals surface area contributed by atoms with Crippen LogP contribution in [0, 0.1) is 0 Å². The van der Waals surface area contributed by atoms with E-state index >= 15 is 0 Å². The molecule has 0 atom stereocenters. The van der Waals surface area contributed by atoms with Crippen molar-refractivity contribution in [3.05, 3.63) is 66.9 Å². The summed E-state index contributed by atoms with van der Waals surface area (Å²) in [6, 6.07) is 20.6. The first kappa shape index (κ1) is 17.0. The molecule has 0 saturated carbocycles. The van der Waals surface area contributed by atoms with Gasteiger partial charge in [-0.05, 0) is 36.4 Å². The summed E-state index contributed by atoms with van der Waals surface area (Å²) in [5.74, 6) is 1.84. The zero-order valence-corrected chi connectivity index (χ0v) is 16.4. The smallest absolute Gasteiger partial charge is 0.159 e. The summed E-state index contributed by atoms with van der Waals surface area (Å²) in [6.45, 7) is 3.85. The molecule has 0 bridgehead atoms. The van der Waals surface area contributed by atoms with Gasteiger partial charge in [-0.1, -0.05) is 24.3 Å². The number of fused-ring (bicyclic) bond motifs is 2. The maximum Gasteiger partial charge on any atom is 0.159 e. The number of rotatable bonds is 3. The third-order valence-corrected chi connectivity index (χ3v) is 5.78. The van der Waals surface area contributed by atoms with Gasteiger partial charge < -0.3 is 14.8 Å². The van der Waals surface area contributed by atoms with Crippen LogP contribution >= 0.6 is 0 Å². The number of piperazine rings is 1.